The highest BCUT2D eigenvalue weighted by Gasteiger charge is 1.96. The quantitative estimate of drug-likeness (QED) is 0.462. The highest BCUT2D eigenvalue weighted by Crippen LogP contribution is 2.10. The third-order valence-corrected chi connectivity index (χ3v) is 2.98. The van der Waals surface area contributed by atoms with E-state index in [1.807, 2.05) is 6.92 Å². The first-order valence-corrected chi connectivity index (χ1v) is 7.47. The molecule has 0 spiro atoms. The van der Waals surface area contributed by atoms with Gasteiger partial charge in [0, 0.05) is 0 Å². The van der Waals surface area contributed by atoms with Crippen molar-refractivity contribution >= 4 is 7.85 Å². The van der Waals surface area contributed by atoms with Crippen LogP contribution in [-0.2, 0) is 0 Å². The minimum Gasteiger partial charge on any atom is -0.393 e. The molecule has 2 radical (unpaired) electrons. The molecule has 0 bridgehead atoms. The lowest BCUT2D eigenvalue weighted by atomic mass is 10.1. The molecule has 0 aliphatic carbocycles. The van der Waals surface area contributed by atoms with Gasteiger partial charge in [0.05, 0.1) is 6.10 Å². The molecule has 0 rings (SSSR count). The summed E-state index contributed by atoms with van der Waals surface area (Å²) in [5, 5.41) is 16.2. The maximum absolute atomic E-state index is 9.09. The SMILES string of the molecule is CC(O)CCCCCCCCCCN(C)C.[B]C#N. The van der Waals surface area contributed by atoms with Crippen LogP contribution in [0.2, 0.25) is 0 Å². The Morgan fingerprint density at radius 1 is 1.00 bits per heavy atom. The standard InChI is InChI=1S/C14H31NO.CBN/c1-14(16)12-10-8-6-4-5-7-9-11-13-15(2)3;2-1-3/h14,16H,4-13H2,1-3H3;. The van der Waals surface area contributed by atoms with Crippen molar-refractivity contribution in [1.29, 1.82) is 5.26 Å². The highest BCUT2D eigenvalue weighted by molar-refractivity contribution is 6.20. The first-order chi connectivity index (χ1) is 9.04. The van der Waals surface area contributed by atoms with Gasteiger partial charge in [-0.2, -0.15) is 0 Å². The Hall–Kier alpha value is -0.525. The summed E-state index contributed by atoms with van der Waals surface area (Å²) in [6, 6.07) is 0. The van der Waals surface area contributed by atoms with Gasteiger partial charge < -0.3 is 10.0 Å². The molecule has 0 amide bonds. The minimum absolute atomic E-state index is 0.106. The number of aliphatic hydroxyl groups is 1. The minimum atomic E-state index is -0.106. The lowest BCUT2D eigenvalue weighted by Gasteiger charge is -2.08. The highest BCUT2D eigenvalue weighted by atomic mass is 16.3. The average Bonchev–Trinajstić information content (AvgIpc) is 2.32. The number of hydrogen-bond acceptors (Lipinski definition) is 3. The molecule has 0 fully saturated rings. The van der Waals surface area contributed by atoms with Crippen molar-refractivity contribution in [2.24, 2.45) is 0 Å². The van der Waals surface area contributed by atoms with Crippen molar-refractivity contribution in [3.63, 3.8) is 0 Å². The van der Waals surface area contributed by atoms with Crippen LogP contribution < -0.4 is 0 Å². The van der Waals surface area contributed by atoms with E-state index >= 15 is 0 Å². The van der Waals surface area contributed by atoms with Crippen molar-refractivity contribution < 1.29 is 5.11 Å². The van der Waals surface area contributed by atoms with Gasteiger partial charge in [0.25, 0.3) is 0 Å². The van der Waals surface area contributed by atoms with Gasteiger partial charge in [-0.15, -0.1) is 0 Å². The van der Waals surface area contributed by atoms with Gasteiger partial charge in [-0.25, -0.2) is 5.26 Å². The molecule has 0 aromatic heterocycles. The van der Waals surface area contributed by atoms with Gasteiger partial charge in [-0.3, -0.25) is 0 Å². The number of hydrogen-bond donors (Lipinski definition) is 1. The van der Waals surface area contributed by atoms with Gasteiger partial charge in [0.1, 0.15) is 0 Å². The molecule has 0 saturated heterocycles. The molecule has 19 heavy (non-hydrogen) atoms. The second-order valence-corrected chi connectivity index (χ2v) is 5.40. The Balaban J connectivity index is 0. The second-order valence-electron chi connectivity index (χ2n) is 5.40. The topological polar surface area (TPSA) is 47.3 Å². The fourth-order valence-corrected chi connectivity index (χ4v) is 1.93. The number of aliphatic hydroxyl groups excluding tert-OH is 1. The van der Waals surface area contributed by atoms with Gasteiger partial charge >= 0.3 is 0 Å². The fourth-order valence-electron chi connectivity index (χ4n) is 1.93. The van der Waals surface area contributed by atoms with E-state index in [9.17, 15) is 0 Å². The monoisotopic (exact) mass is 266 g/mol. The van der Waals surface area contributed by atoms with Crippen LogP contribution in [0.25, 0.3) is 0 Å². The van der Waals surface area contributed by atoms with Crippen LogP contribution in [0.1, 0.15) is 64.7 Å². The Bertz CT molecular complexity index is 187. The van der Waals surface area contributed by atoms with E-state index in [-0.39, 0.29) is 6.10 Å². The van der Waals surface area contributed by atoms with Crippen LogP contribution in [0.15, 0.2) is 0 Å². The van der Waals surface area contributed by atoms with Crippen molar-refractivity contribution in [2.75, 3.05) is 20.6 Å². The average molecular weight is 266 g/mol. The second kappa shape index (κ2) is 17.5. The summed E-state index contributed by atoms with van der Waals surface area (Å²) in [5.74, 6) is 1.25. The van der Waals surface area contributed by atoms with Crippen molar-refractivity contribution in [1.82, 2.24) is 4.90 Å². The van der Waals surface area contributed by atoms with E-state index in [4.69, 9.17) is 10.4 Å². The molecule has 110 valence electrons. The molecule has 1 unspecified atom stereocenters. The van der Waals surface area contributed by atoms with Gasteiger partial charge in [0.15, 0.2) is 0 Å². The van der Waals surface area contributed by atoms with Crippen LogP contribution >= 0.6 is 0 Å². The summed E-state index contributed by atoms with van der Waals surface area (Å²) >= 11 is 0. The van der Waals surface area contributed by atoms with Crippen LogP contribution in [0.4, 0.5) is 0 Å². The van der Waals surface area contributed by atoms with Crippen molar-refractivity contribution in [3.8, 4) is 5.97 Å². The van der Waals surface area contributed by atoms with Crippen LogP contribution in [-0.4, -0.2) is 44.6 Å². The predicted molar refractivity (Wildman–Crippen MR) is 83.2 cm³/mol. The molecule has 0 aliphatic heterocycles. The molecule has 4 heteroatoms. The van der Waals surface area contributed by atoms with Gasteiger partial charge in [-0.1, -0.05) is 44.9 Å². The maximum atomic E-state index is 9.09. The first-order valence-electron chi connectivity index (χ1n) is 7.47. The molecular weight excluding hydrogens is 235 g/mol. The van der Waals surface area contributed by atoms with Crippen LogP contribution in [0.5, 0.6) is 0 Å². The summed E-state index contributed by atoms with van der Waals surface area (Å²) in [5.41, 5.74) is 0. The molecule has 0 aliphatic rings. The summed E-state index contributed by atoms with van der Waals surface area (Å²) in [6.45, 7) is 3.11. The third-order valence-electron chi connectivity index (χ3n) is 2.98. The van der Waals surface area contributed by atoms with E-state index in [1.54, 1.807) is 0 Å². The zero-order valence-corrected chi connectivity index (χ0v) is 13.1. The molecule has 1 atom stereocenters. The van der Waals surface area contributed by atoms with E-state index < -0.39 is 0 Å². The lowest BCUT2D eigenvalue weighted by Crippen LogP contribution is -2.12. The Kier molecular flexibility index (Phi) is 19.1. The molecular formula is C15H31BN2O. The zero-order valence-electron chi connectivity index (χ0n) is 13.1. The van der Waals surface area contributed by atoms with Crippen molar-refractivity contribution in [3.05, 3.63) is 0 Å². The van der Waals surface area contributed by atoms with E-state index in [0.717, 1.165) is 6.42 Å². The lowest BCUT2D eigenvalue weighted by molar-refractivity contribution is 0.180. The zero-order chi connectivity index (χ0) is 14.9. The molecule has 0 saturated carbocycles. The number of rotatable bonds is 11. The largest absolute Gasteiger partial charge is 0.393 e. The number of nitriles is 1. The van der Waals surface area contributed by atoms with Gasteiger partial charge in [0.2, 0.25) is 7.85 Å². The summed E-state index contributed by atoms with van der Waals surface area (Å²) in [6.07, 6.45) is 11.6. The molecule has 0 aromatic rings. The fraction of sp³-hybridized carbons (Fsp3) is 0.933. The third kappa shape index (κ3) is 26.9. The van der Waals surface area contributed by atoms with Crippen LogP contribution in [0, 0.1) is 11.2 Å². The molecule has 3 nitrogen and oxygen atoms in total. The molecule has 0 heterocycles. The molecule has 1 N–H and O–H groups in total. The first kappa shape index (κ1) is 20.8. The van der Waals surface area contributed by atoms with E-state index in [1.165, 1.54) is 63.9 Å². The van der Waals surface area contributed by atoms with E-state index in [2.05, 4.69) is 26.8 Å². The Morgan fingerprint density at radius 3 is 1.74 bits per heavy atom. The van der Waals surface area contributed by atoms with E-state index in [0.29, 0.717) is 0 Å². The number of nitrogens with zero attached hydrogens (tertiary/aromatic N) is 2. The summed E-state index contributed by atoms with van der Waals surface area (Å²) in [7, 11) is 8.43. The summed E-state index contributed by atoms with van der Waals surface area (Å²) < 4.78 is 0. The predicted octanol–water partition coefficient (Wildman–Crippen LogP) is 3.08. The molecule has 0 aromatic carbocycles. The maximum Gasteiger partial charge on any atom is 0.229 e. The van der Waals surface area contributed by atoms with Gasteiger partial charge in [-0.05, 0) is 46.4 Å². The number of unbranched alkanes of at least 4 members (excludes halogenated alkanes) is 7. The smallest absolute Gasteiger partial charge is 0.229 e. The Morgan fingerprint density at radius 2 is 1.37 bits per heavy atom. The normalized spacial score (nSPS) is 11.6. The van der Waals surface area contributed by atoms with Crippen molar-refractivity contribution in [2.45, 2.75) is 70.8 Å². The van der Waals surface area contributed by atoms with Crippen LogP contribution in [0.3, 0.4) is 0 Å². The summed E-state index contributed by atoms with van der Waals surface area (Å²) in [4.78, 5) is 2.26. The Labute approximate surface area is 121 Å².